The minimum atomic E-state index is -0.316. The fraction of sp³-hybridized carbons (Fsp3) is 0.444. The number of nitrogens with one attached hydrogen (secondary N) is 1. The Bertz CT molecular complexity index is 561. The smallest absolute Gasteiger partial charge is 0.266 e. The molecule has 0 radical (unpaired) electrons. The number of anilines is 1. The third kappa shape index (κ3) is 1.47. The van der Waals surface area contributed by atoms with Gasteiger partial charge in [-0.3, -0.25) is 4.79 Å². The Kier molecular flexibility index (Phi) is 1.82. The Balaban J connectivity index is 2.81. The lowest BCUT2D eigenvalue weighted by Crippen LogP contribution is -2.22. The van der Waals surface area contributed by atoms with Gasteiger partial charge in [-0.05, 0) is 0 Å². The van der Waals surface area contributed by atoms with Gasteiger partial charge >= 0.3 is 0 Å². The van der Waals surface area contributed by atoms with Gasteiger partial charge in [0.25, 0.3) is 5.56 Å². The predicted molar refractivity (Wildman–Crippen MR) is 55.5 cm³/mol. The molecule has 0 saturated carbocycles. The van der Waals surface area contributed by atoms with E-state index in [4.69, 9.17) is 10.3 Å². The number of nitrogens with zero attached hydrogens (tertiary/aromatic N) is 2. The number of hydrogen-bond acceptors (Lipinski definition) is 5. The monoisotopic (exact) mass is 208 g/mol. The van der Waals surface area contributed by atoms with Crippen LogP contribution in [0.4, 0.5) is 5.88 Å². The van der Waals surface area contributed by atoms with Crippen molar-refractivity contribution in [1.82, 2.24) is 15.1 Å². The molecular formula is C9H12N4O2. The van der Waals surface area contributed by atoms with Crippen molar-refractivity contribution in [3.63, 3.8) is 0 Å². The molecule has 3 N–H and O–H groups in total. The van der Waals surface area contributed by atoms with Gasteiger partial charge in [0, 0.05) is 5.41 Å². The van der Waals surface area contributed by atoms with E-state index in [1.54, 1.807) is 0 Å². The summed E-state index contributed by atoms with van der Waals surface area (Å²) in [6, 6.07) is 0. The molecule has 0 bridgehead atoms. The summed E-state index contributed by atoms with van der Waals surface area (Å²) in [4.78, 5) is 18.5. The summed E-state index contributed by atoms with van der Waals surface area (Å²) in [5.41, 5.74) is 5.13. The van der Waals surface area contributed by atoms with Crippen LogP contribution in [-0.4, -0.2) is 15.1 Å². The molecule has 15 heavy (non-hydrogen) atoms. The number of nitrogens with two attached hydrogens (primary N) is 1. The van der Waals surface area contributed by atoms with Gasteiger partial charge < -0.3 is 15.2 Å². The highest BCUT2D eigenvalue weighted by molar-refractivity contribution is 5.83. The zero-order valence-corrected chi connectivity index (χ0v) is 8.79. The molecule has 2 heterocycles. The second-order valence-electron chi connectivity index (χ2n) is 4.41. The van der Waals surface area contributed by atoms with Gasteiger partial charge in [-0.25, -0.2) is 4.98 Å². The van der Waals surface area contributed by atoms with Gasteiger partial charge in [-0.1, -0.05) is 25.9 Å². The largest absolute Gasteiger partial charge is 0.367 e. The normalized spacial score (nSPS) is 12.2. The van der Waals surface area contributed by atoms with E-state index in [1.165, 1.54) is 0 Å². The Morgan fingerprint density at radius 2 is 2.07 bits per heavy atom. The lowest BCUT2D eigenvalue weighted by atomic mass is 9.96. The average molecular weight is 208 g/mol. The molecular weight excluding hydrogens is 196 g/mol. The topological polar surface area (TPSA) is 97.8 Å². The van der Waals surface area contributed by atoms with Crippen LogP contribution in [0.15, 0.2) is 9.32 Å². The molecule has 0 unspecified atom stereocenters. The summed E-state index contributed by atoms with van der Waals surface area (Å²) in [6.07, 6.45) is 0. The zero-order valence-electron chi connectivity index (χ0n) is 8.79. The molecule has 0 aliphatic carbocycles. The maximum Gasteiger partial charge on any atom is 0.266 e. The predicted octanol–water partition coefficient (Wildman–Crippen LogP) is 0.791. The standard InChI is InChI=1S/C9H12N4O2/c1-9(2,3)8-11-6-4(7(14)12-8)5(10)15-13-6/h10H2,1-3H3,(H,11,12,13,14). The number of fused-ring (bicyclic) bond motifs is 1. The van der Waals surface area contributed by atoms with E-state index in [0.717, 1.165) is 0 Å². The molecule has 6 nitrogen and oxygen atoms in total. The molecule has 2 aromatic heterocycles. The molecule has 0 atom stereocenters. The molecule has 2 aromatic rings. The van der Waals surface area contributed by atoms with Crippen molar-refractivity contribution in [1.29, 1.82) is 0 Å². The minimum Gasteiger partial charge on any atom is -0.367 e. The fourth-order valence-corrected chi connectivity index (χ4v) is 1.24. The highest BCUT2D eigenvalue weighted by atomic mass is 16.5. The van der Waals surface area contributed by atoms with Crippen molar-refractivity contribution >= 4 is 16.9 Å². The first kappa shape index (κ1) is 9.70. The van der Waals surface area contributed by atoms with Crippen molar-refractivity contribution < 1.29 is 4.52 Å². The second-order valence-corrected chi connectivity index (χ2v) is 4.41. The van der Waals surface area contributed by atoms with Crippen LogP contribution in [0.25, 0.3) is 11.0 Å². The molecule has 6 heteroatoms. The first-order valence-electron chi connectivity index (χ1n) is 4.55. The van der Waals surface area contributed by atoms with E-state index < -0.39 is 0 Å². The Morgan fingerprint density at radius 1 is 1.40 bits per heavy atom. The lowest BCUT2D eigenvalue weighted by molar-refractivity contribution is 0.442. The summed E-state index contributed by atoms with van der Waals surface area (Å²) in [5.74, 6) is 0.563. The molecule has 0 fully saturated rings. The number of hydrogen-bond donors (Lipinski definition) is 2. The molecule has 0 aromatic carbocycles. The number of H-pyrrole nitrogens is 1. The average Bonchev–Trinajstić information content (AvgIpc) is 2.46. The molecule has 2 rings (SSSR count). The second kappa shape index (κ2) is 2.82. The summed E-state index contributed by atoms with van der Waals surface area (Å²) < 4.78 is 4.71. The first-order chi connectivity index (χ1) is 6.89. The van der Waals surface area contributed by atoms with Gasteiger partial charge in [0.1, 0.15) is 5.82 Å². The van der Waals surface area contributed by atoms with Gasteiger partial charge in [0.2, 0.25) is 11.5 Å². The summed E-state index contributed by atoms with van der Waals surface area (Å²) in [7, 11) is 0. The van der Waals surface area contributed by atoms with Crippen LogP contribution in [0.3, 0.4) is 0 Å². The van der Waals surface area contributed by atoms with E-state index in [-0.39, 0.29) is 27.9 Å². The van der Waals surface area contributed by atoms with Gasteiger partial charge in [-0.2, -0.15) is 0 Å². The van der Waals surface area contributed by atoms with Crippen LogP contribution in [0, 0.1) is 0 Å². The van der Waals surface area contributed by atoms with E-state index in [1.807, 2.05) is 20.8 Å². The highest BCUT2D eigenvalue weighted by Crippen LogP contribution is 2.20. The molecule has 0 saturated heterocycles. The van der Waals surface area contributed by atoms with E-state index in [9.17, 15) is 4.79 Å². The number of aromatic amines is 1. The van der Waals surface area contributed by atoms with Gasteiger partial charge in [0.15, 0.2) is 5.39 Å². The van der Waals surface area contributed by atoms with Crippen molar-refractivity contribution in [3.8, 4) is 0 Å². The summed E-state index contributed by atoms with van der Waals surface area (Å²) in [6.45, 7) is 5.83. The van der Waals surface area contributed by atoms with Crippen LogP contribution < -0.4 is 11.3 Å². The van der Waals surface area contributed by atoms with E-state index in [2.05, 4.69) is 15.1 Å². The molecule has 0 spiro atoms. The third-order valence-electron chi connectivity index (χ3n) is 2.09. The third-order valence-corrected chi connectivity index (χ3v) is 2.09. The highest BCUT2D eigenvalue weighted by Gasteiger charge is 2.20. The Morgan fingerprint density at radius 3 is 2.67 bits per heavy atom. The fourth-order valence-electron chi connectivity index (χ4n) is 1.24. The minimum absolute atomic E-state index is 0.000732. The van der Waals surface area contributed by atoms with Gasteiger partial charge in [-0.15, -0.1) is 0 Å². The van der Waals surface area contributed by atoms with Crippen molar-refractivity contribution in [3.05, 3.63) is 16.2 Å². The van der Waals surface area contributed by atoms with Crippen LogP contribution in [-0.2, 0) is 5.41 Å². The summed E-state index contributed by atoms with van der Waals surface area (Å²) >= 11 is 0. The van der Waals surface area contributed by atoms with E-state index in [0.29, 0.717) is 5.82 Å². The quantitative estimate of drug-likeness (QED) is 0.667. The SMILES string of the molecule is CC(C)(C)c1nc2noc(N)c2c(=O)[nH]1. The number of rotatable bonds is 0. The van der Waals surface area contributed by atoms with E-state index >= 15 is 0 Å². The maximum atomic E-state index is 11.7. The number of aromatic nitrogens is 3. The molecule has 0 amide bonds. The number of nitrogen functional groups attached to an aromatic ring is 1. The molecule has 0 aliphatic heterocycles. The van der Waals surface area contributed by atoms with Crippen LogP contribution in [0.1, 0.15) is 26.6 Å². The molecule has 0 aliphatic rings. The van der Waals surface area contributed by atoms with Crippen molar-refractivity contribution in [2.24, 2.45) is 0 Å². The first-order valence-corrected chi connectivity index (χ1v) is 4.55. The van der Waals surface area contributed by atoms with Crippen molar-refractivity contribution in [2.45, 2.75) is 26.2 Å². The Labute approximate surface area is 85.5 Å². The Hall–Kier alpha value is -1.85. The zero-order chi connectivity index (χ0) is 11.2. The van der Waals surface area contributed by atoms with Crippen LogP contribution in [0.5, 0.6) is 0 Å². The van der Waals surface area contributed by atoms with Crippen LogP contribution in [0.2, 0.25) is 0 Å². The summed E-state index contributed by atoms with van der Waals surface area (Å²) in [5, 5.41) is 3.83. The molecule has 80 valence electrons. The maximum absolute atomic E-state index is 11.7. The van der Waals surface area contributed by atoms with Gasteiger partial charge in [0.05, 0.1) is 0 Å². The van der Waals surface area contributed by atoms with Crippen LogP contribution >= 0.6 is 0 Å². The lowest BCUT2D eigenvalue weighted by Gasteiger charge is -2.15. The van der Waals surface area contributed by atoms with Crippen molar-refractivity contribution in [2.75, 3.05) is 5.73 Å².